The van der Waals surface area contributed by atoms with Crippen LogP contribution in [0.3, 0.4) is 0 Å². The van der Waals surface area contributed by atoms with Crippen molar-refractivity contribution in [1.82, 2.24) is 15.1 Å². The van der Waals surface area contributed by atoms with Gasteiger partial charge in [0, 0.05) is 25.3 Å². The summed E-state index contributed by atoms with van der Waals surface area (Å²) >= 11 is 0. The van der Waals surface area contributed by atoms with Crippen LogP contribution in [0.15, 0.2) is 12.3 Å². The Bertz CT molecular complexity index is 485. The van der Waals surface area contributed by atoms with E-state index in [1.54, 1.807) is 0 Å². The molecular formula is C15H23N3O2. The lowest BCUT2D eigenvalue weighted by atomic mass is 9.84. The number of hydrogen-bond donors (Lipinski definition) is 2. The molecule has 0 spiro atoms. The maximum absolute atomic E-state index is 11.5. The molecule has 110 valence electrons. The molecule has 0 radical (unpaired) electrons. The maximum atomic E-state index is 11.5. The van der Waals surface area contributed by atoms with Crippen molar-refractivity contribution in [2.45, 2.75) is 51.7 Å². The van der Waals surface area contributed by atoms with E-state index >= 15 is 0 Å². The quantitative estimate of drug-likeness (QED) is 0.833. The number of nitrogens with one attached hydrogen (secondary N) is 1. The summed E-state index contributed by atoms with van der Waals surface area (Å²) in [6, 6.07) is 2.15. The van der Waals surface area contributed by atoms with Gasteiger partial charge < -0.3 is 10.4 Å². The summed E-state index contributed by atoms with van der Waals surface area (Å²) in [6.07, 6.45) is 6.24. The summed E-state index contributed by atoms with van der Waals surface area (Å²) < 4.78 is 2.01. The molecule has 2 bridgehead atoms. The van der Waals surface area contributed by atoms with Gasteiger partial charge in [-0.25, -0.2) is 0 Å². The average Bonchev–Trinajstić information content (AvgIpc) is 3.11. The summed E-state index contributed by atoms with van der Waals surface area (Å²) in [5.74, 6) is 0.104. The molecule has 2 aliphatic carbocycles. The van der Waals surface area contributed by atoms with Gasteiger partial charge in [0.05, 0.1) is 11.6 Å². The van der Waals surface area contributed by atoms with Crippen molar-refractivity contribution >= 4 is 5.97 Å². The summed E-state index contributed by atoms with van der Waals surface area (Å²) in [6.45, 7) is 3.77. The lowest BCUT2D eigenvalue weighted by Gasteiger charge is -2.29. The number of nitrogens with zero attached hydrogens (tertiary/aromatic N) is 2. The van der Waals surface area contributed by atoms with Gasteiger partial charge in [0.15, 0.2) is 0 Å². The Labute approximate surface area is 119 Å². The number of fused-ring (bicyclic) bond motifs is 2. The van der Waals surface area contributed by atoms with Gasteiger partial charge in [-0.1, -0.05) is 6.92 Å². The van der Waals surface area contributed by atoms with E-state index in [0.717, 1.165) is 38.0 Å². The van der Waals surface area contributed by atoms with Crippen LogP contribution in [0.25, 0.3) is 0 Å². The van der Waals surface area contributed by atoms with E-state index in [1.165, 1.54) is 6.42 Å². The highest BCUT2D eigenvalue weighted by Crippen LogP contribution is 2.48. The van der Waals surface area contributed by atoms with Crippen LogP contribution in [0.4, 0.5) is 0 Å². The molecule has 3 rings (SSSR count). The molecule has 20 heavy (non-hydrogen) atoms. The van der Waals surface area contributed by atoms with E-state index in [2.05, 4.69) is 17.3 Å². The Morgan fingerprint density at radius 1 is 1.50 bits per heavy atom. The van der Waals surface area contributed by atoms with Crippen LogP contribution in [0, 0.1) is 17.8 Å². The van der Waals surface area contributed by atoms with Crippen molar-refractivity contribution in [3.05, 3.63) is 18.0 Å². The van der Waals surface area contributed by atoms with Crippen molar-refractivity contribution in [1.29, 1.82) is 0 Å². The van der Waals surface area contributed by atoms with Crippen LogP contribution < -0.4 is 5.32 Å². The van der Waals surface area contributed by atoms with Gasteiger partial charge in [-0.2, -0.15) is 5.10 Å². The molecule has 0 saturated heterocycles. The van der Waals surface area contributed by atoms with Gasteiger partial charge in [0.2, 0.25) is 0 Å². The summed E-state index contributed by atoms with van der Waals surface area (Å²) in [5.41, 5.74) is 1.15. The zero-order valence-electron chi connectivity index (χ0n) is 12.0. The van der Waals surface area contributed by atoms with E-state index in [4.69, 9.17) is 0 Å². The number of aryl methyl sites for hydroxylation is 1. The molecule has 1 heterocycles. The second-order valence-electron chi connectivity index (χ2n) is 6.15. The van der Waals surface area contributed by atoms with Crippen LogP contribution in [0.2, 0.25) is 0 Å². The minimum atomic E-state index is -0.628. The molecule has 0 aliphatic heterocycles. The number of carboxylic acids is 1. The van der Waals surface area contributed by atoms with E-state index in [1.807, 2.05) is 16.9 Å². The minimum Gasteiger partial charge on any atom is -0.481 e. The summed E-state index contributed by atoms with van der Waals surface area (Å²) in [7, 11) is 0. The van der Waals surface area contributed by atoms with Gasteiger partial charge >= 0.3 is 5.97 Å². The topological polar surface area (TPSA) is 67.2 Å². The molecule has 0 amide bonds. The van der Waals surface area contributed by atoms with Gasteiger partial charge in [-0.3, -0.25) is 9.48 Å². The molecule has 2 saturated carbocycles. The third kappa shape index (κ3) is 2.35. The molecular weight excluding hydrogens is 254 g/mol. The maximum Gasteiger partial charge on any atom is 0.308 e. The zero-order chi connectivity index (χ0) is 14.1. The first-order valence-electron chi connectivity index (χ1n) is 7.67. The Morgan fingerprint density at radius 3 is 3.05 bits per heavy atom. The van der Waals surface area contributed by atoms with E-state index in [-0.39, 0.29) is 12.0 Å². The van der Waals surface area contributed by atoms with Crippen molar-refractivity contribution in [3.8, 4) is 0 Å². The number of aromatic nitrogens is 2. The normalized spacial score (nSPS) is 31.9. The van der Waals surface area contributed by atoms with Crippen molar-refractivity contribution in [2.24, 2.45) is 17.8 Å². The predicted octanol–water partition coefficient (Wildman–Crippen LogP) is 1.88. The van der Waals surface area contributed by atoms with E-state index in [0.29, 0.717) is 11.8 Å². The second kappa shape index (κ2) is 5.56. The molecule has 1 aromatic rings. The fraction of sp³-hybridized carbons (Fsp3) is 0.733. The highest BCUT2D eigenvalue weighted by molar-refractivity contribution is 5.72. The van der Waals surface area contributed by atoms with Crippen LogP contribution in [0.1, 0.15) is 38.3 Å². The van der Waals surface area contributed by atoms with Crippen LogP contribution in [-0.4, -0.2) is 26.9 Å². The van der Waals surface area contributed by atoms with Crippen molar-refractivity contribution < 1.29 is 9.90 Å². The molecule has 5 nitrogen and oxygen atoms in total. The Kier molecular flexibility index (Phi) is 3.78. The van der Waals surface area contributed by atoms with Gasteiger partial charge in [-0.05, 0) is 43.6 Å². The number of carbonyl (C=O) groups is 1. The largest absolute Gasteiger partial charge is 0.481 e. The lowest BCUT2D eigenvalue weighted by molar-refractivity contribution is -0.144. The first kappa shape index (κ1) is 13.6. The Balaban J connectivity index is 1.65. The van der Waals surface area contributed by atoms with Gasteiger partial charge in [0.25, 0.3) is 0 Å². The van der Waals surface area contributed by atoms with E-state index < -0.39 is 5.97 Å². The number of rotatable bonds is 6. The summed E-state index contributed by atoms with van der Waals surface area (Å²) in [4.78, 5) is 11.5. The number of hydrogen-bond acceptors (Lipinski definition) is 3. The predicted molar refractivity (Wildman–Crippen MR) is 75.1 cm³/mol. The molecule has 2 aliphatic rings. The molecule has 4 unspecified atom stereocenters. The van der Waals surface area contributed by atoms with Crippen molar-refractivity contribution in [3.63, 3.8) is 0 Å². The fourth-order valence-electron chi connectivity index (χ4n) is 4.09. The first-order valence-corrected chi connectivity index (χ1v) is 7.67. The minimum absolute atomic E-state index is 0.135. The molecule has 5 heteroatoms. The molecule has 2 fully saturated rings. The third-order valence-electron chi connectivity index (χ3n) is 4.96. The first-order chi connectivity index (χ1) is 9.70. The van der Waals surface area contributed by atoms with Crippen LogP contribution >= 0.6 is 0 Å². The van der Waals surface area contributed by atoms with Gasteiger partial charge in [-0.15, -0.1) is 0 Å². The average molecular weight is 277 g/mol. The highest BCUT2D eigenvalue weighted by Gasteiger charge is 2.50. The summed E-state index contributed by atoms with van der Waals surface area (Å²) in [5, 5.41) is 17.3. The van der Waals surface area contributed by atoms with E-state index in [9.17, 15) is 9.90 Å². The highest BCUT2D eigenvalue weighted by atomic mass is 16.4. The molecule has 4 atom stereocenters. The monoisotopic (exact) mass is 277 g/mol. The van der Waals surface area contributed by atoms with Gasteiger partial charge in [0.1, 0.15) is 0 Å². The SMILES string of the molecule is CCCn1nccc1CNC1C2CCC(C2)C1C(=O)O. The second-order valence-corrected chi connectivity index (χ2v) is 6.15. The molecule has 2 N–H and O–H groups in total. The standard InChI is InChI=1S/C15H23N3O2/c1-2-7-18-12(5-6-17-18)9-16-14-11-4-3-10(8-11)13(14)15(19)20/h5-6,10-11,13-14,16H,2-4,7-9H2,1H3,(H,19,20). The van der Waals surface area contributed by atoms with Crippen LogP contribution in [-0.2, 0) is 17.9 Å². The van der Waals surface area contributed by atoms with Crippen LogP contribution in [0.5, 0.6) is 0 Å². The number of carboxylic acid groups (broad SMARTS) is 1. The van der Waals surface area contributed by atoms with Crippen molar-refractivity contribution in [2.75, 3.05) is 0 Å². The molecule has 1 aromatic heterocycles. The smallest absolute Gasteiger partial charge is 0.308 e. The Hall–Kier alpha value is -1.36. The fourth-order valence-corrected chi connectivity index (χ4v) is 4.09. The third-order valence-corrected chi connectivity index (χ3v) is 4.96. The Morgan fingerprint density at radius 2 is 2.30 bits per heavy atom. The number of aliphatic carboxylic acids is 1. The molecule has 0 aromatic carbocycles. The lowest BCUT2D eigenvalue weighted by Crippen LogP contribution is -2.44. The zero-order valence-corrected chi connectivity index (χ0v) is 12.0.